The molecule has 0 bridgehead atoms. The lowest BCUT2D eigenvalue weighted by atomic mass is 9.40. The average Bonchev–Trinajstić information content (AvgIpc) is 3.35. The van der Waals surface area contributed by atoms with Crippen LogP contribution in [-0.4, -0.2) is 24.2 Å². The lowest BCUT2D eigenvalue weighted by Crippen LogP contribution is -2.56. The van der Waals surface area contributed by atoms with Gasteiger partial charge in [-0.3, -0.25) is 4.79 Å². The molecule has 0 saturated heterocycles. The van der Waals surface area contributed by atoms with E-state index in [1.54, 1.807) is 0 Å². The summed E-state index contributed by atoms with van der Waals surface area (Å²) in [5.41, 5.74) is 3.03. The van der Waals surface area contributed by atoms with Crippen molar-refractivity contribution in [3.05, 3.63) is 54.1 Å². The Morgan fingerprint density at radius 1 is 0.953 bits per heavy atom. The van der Waals surface area contributed by atoms with Gasteiger partial charge < -0.3 is 9.84 Å². The van der Waals surface area contributed by atoms with Gasteiger partial charge in [0.1, 0.15) is 0 Å². The first kappa shape index (κ1) is 32.0. The number of carboxylic acid groups (broad SMARTS) is 1. The molecule has 236 valence electrons. The summed E-state index contributed by atoms with van der Waals surface area (Å²) in [5, 5.41) is 10.7. The first-order valence-corrected chi connectivity index (χ1v) is 17.0. The lowest BCUT2D eigenvalue weighted by molar-refractivity contribution is -0.155. The number of rotatable bonds is 5. The van der Waals surface area contributed by atoms with Crippen LogP contribution in [0.25, 0.3) is 5.57 Å². The third-order valence-electron chi connectivity index (χ3n) is 14.1. The third kappa shape index (κ3) is 5.03. The van der Waals surface area contributed by atoms with E-state index < -0.39 is 11.4 Å². The van der Waals surface area contributed by atoms with Crippen LogP contribution in [0.5, 0.6) is 0 Å². The number of carbonyl (C=O) groups is 2. The number of benzene rings is 1. The van der Waals surface area contributed by atoms with E-state index in [0.717, 1.165) is 44.9 Å². The molecule has 1 N–H and O–H groups in total. The number of esters is 1. The largest absolute Gasteiger partial charge is 0.481 e. The van der Waals surface area contributed by atoms with Crippen LogP contribution in [0.15, 0.2) is 43.0 Å². The van der Waals surface area contributed by atoms with E-state index in [1.165, 1.54) is 37.5 Å². The predicted octanol–water partition coefficient (Wildman–Crippen LogP) is 9.84. The number of fused-ring (bicyclic) bond motifs is 4. The van der Waals surface area contributed by atoms with Gasteiger partial charge in [0.15, 0.2) is 0 Å². The first-order chi connectivity index (χ1) is 20.3. The summed E-state index contributed by atoms with van der Waals surface area (Å²) in [4.78, 5) is 25.1. The number of hydrogen-bond acceptors (Lipinski definition) is 3. The van der Waals surface area contributed by atoms with Crippen LogP contribution >= 0.6 is 0 Å². The minimum absolute atomic E-state index is 0.00801. The highest BCUT2D eigenvalue weighted by atomic mass is 16.5. The van der Waals surface area contributed by atoms with Crippen molar-refractivity contribution < 1.29 is 19.4 Å². The summed E-state index contributed by atoms with van der Waals surface area (Å²) in [6.07, 6.45) is 15.0. The molecular weight excluding hydrogens is 532 g/mol. The Bertz CT molecular complexity index is 1260. The van der Waals surface area contributed by atoms with Crippen LogP contribution in [-0.2, 0) is 9.53 Å². The van der Waals surface area contributed by atoms with Gasteiger partial charge in [-0.1, -0.05) is 72.2 Å². The monoisotopic (exact) mass is 588 g/mol. The maximum absolute atomic E-state index is 13.0. The highest BCUT2D eigenvalue weighted by molar-refractivity contribution is 5.90. The van der Waals surface area contributed by atoms with Crippen molar-refractivity contribution in [1.82, 2.24) is 0 Å². The Labute approximate surface area is 260 Å². The Kier molecular flexibility index (Phi) is 8.59. The van der Waals surface area contributed by atoms with E-state index in [-0.39, 0.29) is 28.1 Å². The molecule has 5 rings (SSSR count). The summed E-state index contributed by atoms with van der Waals surface area (Å²) >= 11 is 0. The number of aliphatic carboxylic acids is 1. The fraction of sp³-hybridized carbons (Fsp3) is 0.692. The first-order valence-electron chi connectivity index (χ1n) is 17.0. The second-order valence-electron chi connectivity index (χ2n) is 16.0. The maximum atomic E-state index is 13.0. The molecule has 4 aliphatic rings. The van der Waals surface area contributed by atoms with Crippen molar-refractivity contribution in [2.24, 2.45) is 57.2 Å². The van der Waals surface area contributed by atoms with Gasteiger partial charge in [0.25, 0.3) is 0 Å². The quantitative estimate of drug-likeness (QED) is 0.275. The molecule has 0 aliphatic heterocycles. The second-order valence-corrected chi connectivity index (χ2v) is 16.0. The maximum Gasteiger partial charge on any atom is 0.337 e. The van der Waals surface area contributed by atoms with E-state index in [9.17, 15) is 14.7 Å². The Morgan fingerprint density at radius 3 is 2.26 bits per heavy atom. The van der Waals surface area contributed by atoms with Crippen LogP contribution in [0.1, 0.15) is 122 Å². The molecule has 0 radical (unpaired) electrons. The number of carboxylic acids is 1. The molecule has 0 amide bonds. The normalized spacial score (nSPS) is 39.7. The number of allylic oxidation sites excluding steroid dienone is 3. The van der Waals surface area contributed by atoms with Crippen LogP contribution in [0.4, 0.5) is 0 Å². The SMILES string of the molecule is C=CC(C)C1CCC2(C(=O)O)CCC(C)C3(C)CCC4C(C)(C)C(c5ccc(C(=O)OC)cc5)=CCC4(C)C3CCCC12. The Hall–Kier alpha value is -2.36. The molecular formula is C39H56O4. The van der Waals surface area contributed by atoms with Crippen molar-refractivity contribution in [2.45, 2.75) is 106 Å². The van der Waals surface area contributed by atoms with Crippen LogP contribution in [0, 0.1) is 57.2 Å². The van der Waals surface area contributed by atoms with Gasteiger partial charge in [-0.25, -0.2) is 4.79 Å². The summed E-state index contributed by atoms with van der Waals surface area (Å²) < 4.78 is 4.93. The van der Waals surface area contributed by atoms with E-state index in [0.29, 0.717) is 35.2 Å². The van der Waals surface area contributed by atoms with Gasteiger partial charge in [0.05, 0.1) is 18.1 Å². The molecule has 9 atom stereocenters. The zero-order valence-electron chi connectivity index (χ0n) is 27.9. The second kappa shape index (κ2) is 11.5. The summed E-state index contributed by atoms with van der Waals surface area (Å²) in [6.45, 7) is 18.8. The molecule has 0 aromatic heterocycles. The van der Waals surface area contributed by atoms with E-state index in [1.807, 2.05) is 12.1 Å². The summed E-state index contributed by atoms with van der Waals surface area (Å²) in [7, 11) is 1.43. The predicted molar refractivity (Wildman–Crippen MR) is 174 cm³/mol. The third-order valence-corrected chi connectivity index (χ3v) is 14.1. The topological polar surface area (TPSA) is 63.6 Å². The van der Waals surface area contributed by atoms with E-state index >= 15 is 0 Å². The molecule has 0 heterocycles. The minimum Gasteiger partial charge on any atom is -0.481 e. The van der Waals surface area contributed by atoms with Gasteiger partial charge in [-0.05, 0) is 133 Å². The lowest BCUT2D eigenvalue weighted by Gasteiger charge is -2.64. The fourth-order valence-electron chi connectivity index (χ4n) is 11.4. The number of ether oxygens (including phenoxy) is 1. The molecule has 3 saturated carbocycles. The molecule has 4 nitrogen and oxygen atoms in total. The highest BCUT2D eigenvalue weighted by Crippen LogP contribution is 2.69. The van der Waals surface area contributed by atoms with Gasteiger partial charge in [-0.15, -0.1) is 6.58 Å². The van der Waals surface area contributed by atoms with E-state index in [4.69, 9.17) is 4.74 Å². The molecule has 3 fully saturated rings. The molecule has 1 aromatic rings. The number of hydrogen-bond donors (Lipinski definition) is 1. The van der Waals surface area contributed by atoms with E-state index in [2.05, 4.69) is 72.4 Å². The number of carbonyl (C=O) groups excluding carboxylic acids is 1. The van der Waals surface area contributed by atoms with Crippen LogP contribution in [0.3, 0.4) is 0 Å². The average molecular weight is 589 g/mol. The summed E-state index contributed by atoms with van der Waals surface area (Å²) in [6, 6.07) is 7.98. The van der Waals surface area contributed by atoms with Crippen molar-refractivity contribution in [1.29, 1.82) is 0 Å². The van der Waals surface area contributed by atoms with Crippen molar-refractivity contribution >= 4 is 17.5 Å². The van der Waals surface area contributed by atoms with Crippen molar-refractivity contribution in [3.8, 4) is 0 Å². The van der Waals surface area contributed by atoms with Gasteiger partial charge in [0, 0.05) is 0 Å². The molecule has 9 unspecified atom stereocenters. The molecule has 43 heavy (non-hydrogen) atoms. The molecule has 4 aliphatic carbocycles. The molecule has 4 heteroatoms. The van der Waals surface area contributed by atoms with Gasteiger partial charge >= 0.3 is 11.9 Å². The zero-order chi connectivity index (χ0) is 31.4. The Morgan fingerprint density at radius 2 is 1.63 bits per heavy atom. The van der Waals surface area contributed by atoms with Crippen molar-refractivity contribution in [2.75, 3.05) is 7.11 Å². The minimum atomic E-state index is -0.575. The molecule has 1 aromatic carbocycles. The highest BCUT2D eigenvalue weighted by Gasteiger charge is 2.61. The van der Waals surface area contributed by atoms with Crippen LogP contribution in [0.2, 0.25) is 0 Å². The fourth-order valence-corrected chi connectivity index (χ4v) is 11.4. The smallest absolute Gasteiger partial charge is 0.337 e. The summed E-state index contributed by atoms with van der Waals surface area (Å²) in [5.74, 6) is 1.83. The van der Waals surface area contributed by atoms with Crippen LogP contribution < -0.4 is 0 Å². The zero-order valence-corrected chi connectivity index (χ0v) is 27.9. The van der Waals surface area contributed by atoms with Gasteiger partial charge in [-0.2, -0.15) is 0 Å². The standard InChI is InChI=1S/C39H56O4/c1-9-25(2)29-18-24-39(35(41)42)23-17-26(3)37(6)22-20-32-36(4,5)30(27-13-15-28(16-14-27)34(40)43-8)19-21-38(32,7)33(37)12-10-11-31(29)39/h9,13-16,19,25-26,29,31-33H,1,10-12,17-18,20-24H2,2-8H3,(H,41,42). The molecule has 0 spiro atoms. The number of methoxy groups -OCH3 is 1. The van der Waals surface area contributed by atoms with Gasteiger partial charge in [0.2, 0.25) is 0 Å². The van der Waals surface area contributed by atoms with Crippen molar-refractivity contribution in [3.63, 3.8) is 0 Å². The Balaban J connectivity index is 1.48.